The summed E-state index contributed by atoms with van der Waals surface area (Å²) in [6.07, 6.45) is 0. The van der Waals surface area contributed by atoms with E-state index in [9.17, 15) is 5.11 Å². The van der Waals surface area contributed by atoms with Crippen LogP contribution in [0.5, 0.6) is 17.2 Å². The zero-order valence-corrected chi connectivity index (χ0v) is 8.13. The molecule has 0 spiro atoms. The van der Waals surface area contributed by atoms with Crippen LogP contribution in [0.3, 0.4) is 0 Å². The Morgan fingerprint density at radius 1 is 1.08 bits per heavy atom. The monoisotopic (exact) mass is 236 g/mol. The average molecular weight is 237 g/mol. The van der Waals surface area contributed by atoms with E-state index in [-0.39, 0.29) is 5.75 Å². The third-order valence-electron chi connectivity index (χ3n) is 2.20. The number of hydrogen-bond donors (Lipinski definition) is 1. The molecule has 0 bridgehead atoms. The Balaban J connectivity index is 2.58. The number of phenols is 1. The van der Waals surface area contributed by atoms with Gasteiger partial charge in [-0.15, -0.1) is 0 Å². The molecule has 2 aromatic rings. The van der Waals surface area contributed by atoms with Gasteiger partial charge < -0.3 is 9.84 Å². The first-order valence-corrected chi connectivity index (χ1v) is 4.69. The van der Waals surface area contributed by atoms with Gasteiger partial charge in [0.15, 0.2) is 11.5 Å². The van der Waals surface area contributed by atoms with Crippen LogP contribution in [0.15, 0.2) is 28.7 Å². The zero-order valence-electron chi connectivity index (χ0n) is 6.54. The van der Waals surface area contributed by atoms with Gasteiger partial charge in [-0.3, -0.25) is 0 Å². The number of halogens is 1. The van der Waals surface area contributed by atoms with Crippen molar-refractivity contribution in [3.63, 3.8) is 0 Å². The van der Waals surface area contributed by atoms with Crippen molar-refractivity contribution in [2.24, 2.45) is 0 Å². The number of benzene rings is 2. The van der Waals surface area contributed by atoms with Gasteiger partial charge in [-0.1, -0.05) is 24.3 Å². The molecule has 1 N–H and O–H groups in total. The molecule has 2 aromatic carbocycles. The van der Waals surface area contributed by atoms with Crippen molar-refractivity contribution in [3.8, 4) is 17.2 Å². The van der Waals surface area contributed by atoms with Crippen molar-refractivity contribution >= 4 is 26.7 Å². The summed E-state index contributed by atoms with van der Waals surface area (Å²) in [5.74, 6) is 1.61. The van der Waals surface area contributed by atoms with Crippen LogP contribution in [0, 0.1) is 0 Å². The summed E-state index contributed by atoms with van der Waals surface area (Å²) >= 11 is 3.43. The molecule has 1 heterocycles. The first-order chi connectivity index (χ1) is 6.29. The second kappa shape index (κ2) is 2.17. The van der Waals surface area contributed by atoms with E-state index in [2.05, 4.69) is 15.9 Å². The molecule has 1 aliphatic heterocycles. The van der Waals surface area contributed by atoms with Gasteiger partial charge in [0.2, 0.25) is 5.75 Å². The topological polar surface area (TPSA) is 32.8 Å². The van der Waals surface area contributed by atoms with Gasteiger partial charge in [-0.2, -0.15) is 0 Å². The van der Waals surface area contributed by atoms with Gasteiger partial charge in [-0.25, -0.2) is 0 Å². The highest BCUT2D eigenvalue weighted by atomic mass is 79.9. The zero-order chi connectivity index (χ0) is 9.00. The van der Waals surface area contributed by atoms with E-state index in [0.29, 0.717) is 5.75 Å². The summed E-state index contributed by atoms with van der Waals surface area (Å²) in [5.41, 5.74) is 0. The first-order valence-electron chi connectivity index (χ1n) is 3.90. The molecular weight excluding hydrogens is 232 g/mol. The minimum Gasteiger partial charge on any atom is -0.504 e. The van der Waals surface area contributed by atoms with E-state index in [0.717, 1.165) is 21.0 Å². The standard InChI is InChI=1S/C10H5BrO2/c11-7-5-3-1-2-4-6(5)8(12)10-9(7)13-10/h1-4,12H. The minimum atomic E-state index is 0.244. The van der Waals surface area contributed by atoms with E-state index >= 15 is 0 Å². The Hall–Kier alpha value is -1.22. The normalized spacial score (nSPS) is 12.4. The maximum absolute atomic E-state index is 9.69. The third kappa shape index (κ3) is 0.823. The van der Waals surface area contributed by atoms with Crippen LogP contribution >= 0.6 is 15.9 Å². The van der Waals surface area contributed by atoms with Crippen LogP contribution in [-0.4, -0.2) is 5.11 Å². The lowest BCUT2D eigenvalue weighted by Gasteiger charge is -1.97. The summed E-state index contributed by atoms with van der Waals surface area (Å²) in [6.45, 7) is 0. The number of fused-ring (bicyclic) bond motifs is 2. The smallest absolute Gasteiger partial charge is 0.213 e. The van der Waals surface area contributed by atoms with Gasteiger partial charge in [0, 0.05) is 10.8 Å². The molecule has 13 heavy (non-hydrogen) atoms. The first kappa shape index (κ1) is 7.21. The Morgan fingerprint density at radius 2 is 1.77 bits per heavy atom. The minimum absolute atomic E-state index is 0.244. The number of ether oxygens (including phenoxy) is 1. The van der Waals surface area contributed by atoms with Crippen molar-refractivity contribution < 1.29 is 9.84 Å². The highest BCUT2D eigenvalue weighted by Gasteiger charge is 2.31. The number of rotatable bonds is 0. The van der Waals surface area contributed by atoms with Crippen molar-refractivity contribution in [1.82, 2.24) is 0 Å². The van der Waals surface area contributed by atoms with Crippen molar-refractivity contribution in [3.05, 3.63) is 28.7 Å². The van der Waals surface area contributed by atoms with Crippen LogP contribution in [0.25, 0.3) is 10.8 Å². The maximum atomic E-state index is 9.69. The van der Waals surface area contributed by atoms with Gasteiger partial charge in [0.05, 0.1) is 4.47 Å². The van der Waals surface area contributed by atoms with Crippen LogP contribution in [0.1, 0.15) is 0 Å². The molecule has 0 saturated carbocycles. The van der Waals surface area contributed by atoms with Crippen LogP contribution in [-0.2, 0) is 0 Å². The Kier molecular flexibility index (Phi) is 1.21. The van der Waals surface area contributed by atoms with Gasteiger partial charge >= 0.3 is 0 Å². The Bertz CT molecular complexity index is 473. The molecule has 64 valence electrons. The lowest BCUT2D eigenvalue weighted by atomic mass is 10.1. The number of phenolic OH excluding ortho intramolecular Hbond substituents is 1. The quantitative estimate of drug-likeness (QED) is 0.607. The molecule has 0 saturated heterocycles. The predicted molar refractivity (Wildman–Crippen MR) is 53.4 cm³/mol. The van der Waals surface area contributed by atoms with Gasteiger partial charge in [-0.05, 0) is 15.9 Å². The number of hydrogen-bond acceptors (Lipinski definition) is 2. The lowest BCUT2D eigenvalue weighted by Crippen LogP contribution is -1.70. The fraction of sp³-hybridized carbons (Fsp3) is 0. The van der Waals surface area contributed by atoms with E-state index in [1.807, 2.05) is 24.3 Å². The third-order valence-corrected chi connectivity index (χ3v) is 2.99. The molecule has 0 unspecified atom stereocenters. The molecular formula is C10H5BrO2. The van der Waals surface area contributed by atoms with Crippen molar-refractivity contribution in [2.75, 3.05) is 0 Å². The molecule has 0 amide bonds. The summed E-state index contributed by atoms with van der Waals surface area (Å²) in [5, 5.41) is 11.5. The molecule has 0 radical (unpaired) electrons. The van der Waals surface area contributed by atoms with Crippen LogP contribution in [0.4, 0.5) is 0 Å². The summed E-state index contributed by atoms with van der Waals surface area (Å²) < 4.78 is 6.07. The van der Waals surface area contributed by atoms with Crippen molar-refractivity contribution in [1.29, 1.82) is 0 Å². The molecule has 1 aliphatic rings. The van der Waals surface area contributed by atoms with Crippen LogP contribution < -0.4 is 4.74 Å². The molecule has 3 rings (SSSR count). The molecule has 3 heteroatoms. The molecule has 0 fully saturated rings. The summed E-state index contributed by atoms with van der Waals surface area (Å²) in [4.78, 5) is 0. The Morgan fingerprint density at radius 3 is 2.54 bits per heavy atom. The SMILES string of the molecule is Oc1c2c(c(Br)c3ccccc13)O2. The average Bonchev–Trinajstić information content (AvgIpc) is 2.94. The second-order valence-corrected chi connectivity index (χ2v) is 3.76. The largest absolute Gasteiger partial charge is 0.504 e. The van der Waals surface area contributed by atoms with Crippen LogP contribution in [0.2, 0.25) is 0 Å². The summed E-state index contributed by atoms with van der Waals surface area (Å²) in [6, 6.07) is 7.64. The summed E-state index contributed by atoms with van der Waals surface area (Å²) in [7, 11) is 0. The van der Waals surface area contributed by atoms with Crippen molar-refractivity contribution in [2.45, 2.75) is 0 Å². The van der Waals surface area contributed by atoms with Gasteiger partial charge in [0.1, 0.15) is 0 Å². The Labute approximate surface area is 82.9 Å². The fourth-order valence-corrected chi connectivity index (χ4v) is 2.11. The maximum Gasteiger partial charge on any atom is 0.213 e. The second-order valence-electron chi connectivity index (χ2n) is 2.97. The lowest BCUT2D eigenvalue weighted by molar-refractivity contribution is 0.469. The van der Waals surface area contributed by atoms with E-state index in [1.165, 1.54) is 0 Å². The number of aromatic hydroxyl groups is 1. The molecule has 2 nitrogen and oxygen atoms in total. The fourth-order valence-electron chi connectivity index (χ4n) is 1.50. The highest BCUT2D eigenvalue weighted by molar-refractivity contribution is 9.10. The van der Waals surface area contributed by atoms with E-state index in [4.69, 9.17) is 4.74 Å². The predicted octanol–water partition coefficient (Wildman–Crippen LogP) is 3.41. The molecule has 0 atom stereocenters. The van der Waals surface area contributed by atoms with E-state index < -0.39 is 0 Å². The molecule has 0 aromatic heterocycles. The highest BCUT2D eigenvalue weighted by Crippen LogP contribution is 2.60. The molecule has 0 aliphatic carbocycles. The van der Waals surface area contributed by atoms with Gasteiger partial charge in [0.25, 0.3) is 0 Å². The van der Waals surface area contributed by atoms with E-state index in [1.54, 1.807) is 0 Å².